The maximum absolute atomic E-state index is 11.6. The second-order valence-corrected chi connectivity index (χ2v) is 9.78. The zero-order chi connectivity index (χ0) is 26.9. The van der Waals surface area contributed by atoms with Gasteiger partial charge in [0.15, 0.2) is 0 Å². The Kier molecular flexibility index (Phi) is 6.28. The fourth-order valence-electron chi connectivity index (χ4n) is 5.03. The average Bonchev–Trinajstić information content (AvgIpc) is 3.55. The Balaban J connectivity index is 1.28. The number of pyridine rings is 1. The second kappa shape index (κ2) is 10.1. The minimum atomic E-state index is -0.163. The van der Waals surface area contributed by atoms with Crippen LogP contribution in [0.5, 0.6) is 5.88 Å². The van der Waals surface area contributed by atoms with E-state index in [1.807, 2.05) is 43.8 Å². The molecular weight excluding hydrogens is 494 g/mol. The van der Waals surface area contributed by atoms with Gasteiger partial charge in [0.05, 0.1) is 29.4 Å². The topological polar surface area (TPSA) is 128 Å². The maximum atomic E-state index is 11.6. The summed E-state index contributed by atoms with van der Waals surface area (Å²) in [5, 5.41) is 27.0. The van der Waals surface area contributed by atoms with E-state index in [2.05, 4.69) is 31.2 Å². The molecule has 0 radical (unpaired) electrons. The summed E-state index contributed by atoms with van der Waals surface area (Å²) in [5.74, 6) is 1.16. The fraction of sp³-hybridized carbons (Fsp3) is 0.286. The maximum Gasteiger partial charge on any atom is 0.266 e. The molecule has 0 unspecified atom stereocenters. The van der Waals surface area contributed by atoms with Crippen molar-refractivity contribution in [2.75, 3.05) is 5.32 Å². The van der Waals surface area contributed by atoms with Crippen LogP contribution in [-0.4, -0.2) is 40.4 Å². The van der Waals surface area contributed by atoms with Crippen molar-refractivity contribution in [1.82, 2.24) is 34.3 Å². The van der Waals surface area contributed by atoms with Gasteiger partial charge in [0, 0.05) is 61.3 Å². The van der Waals surface area contributed by atoms with Crippen LogP contribution in [0.4, 0.5) is 11.5 Å². The van der Waals surface area contributed by atoms with Crippen molar-refractivity contribution < 1.29 is 4.74 Å². The Labute approximate surface area is 224 Å². The van der Waals surface area contributed by atoms with Crippen molar-refractivity contribution in [3.8, 4) is 23.2 Å². The van der Waals surface area contributed by atoms with E-state index in [9.17, 15) is 4.79 Å². The zero-order valence-corrected chi connectivity index (χ0v) is 21.7. The third-order valence-electron chi connectivity index (χ3n) is 7.07. The first-order valence-corrected chi connectivity index (χ1v) is 12.8. The summed E-state index contributed by atoms with van der Waals surface area (Å²) < 4.78 is 11.3. The molecule has 1 aliphatic carbocycles. The van der Waals surface area contributed by atoms with E-state index in [1.54, 1.807) is 29.9 Å². The number of nitrogens with zero attached hydrogens (tertiary/aromatic N) is 8. The summed E-state index contributed by atoms with van der Waals surface area (Å²) in [4.78, 5) is 16.3. The minimum absolute atomic E-state index is 0.0288. The van der Waals surface area contributed by atoms with Gasteiger partial charge >= 0.3 is 0 Å². The van der Waals surface area contributed by atoms with Gasteiger partial charge in [-0.25, -0.2) is 9.67 Å². The lowest BCUT2D eigenvalue weighted by Gasteiger charge is -2.29. The summed E-state index contributed by atoms with van der Waals surface area (Å²) in [7, 11) is 3.51. The van der Waals surface area contributed by atoms with Crippen molar-refractivity contribution in [3.63, 3.8) is 0 Å². The number of nitrogens with one attached hydrogen (secondary N) is 1. The summed E-state index contributed by atoms with van der Waals surface area (Å²) in [6.07, 6.45) is 9.13. The highest BCUT2D eigenvalue weighted by molar-refractivity contribution is 5.94. The largest absolute Gasteiger partial charge is 0.473 e. The molecule has 6 rings (SSSR count). The fourth-order valence-corrected chi connectivity index (χ4v) is 5.03. The first-order chi connectivity index (χ1) is 19.0. The standard InChI is InChI=1S/C28H27N9O2/c1-35-17-19(15-31-35)28-23-16-30-25(32-20-5-3-18(14-29)4-6-20)13-24(23)37(34-28)21-7-9-22(10-8-21)39-26-11-12-27(38)36(2)33-26/h3-6,11-13,15-17,21-22H,7-10H2,1-2H3,(H,30,32). The molecule has 0 amide bonds. The Bertz CT molecular complexity index is 1740. The average molecular weight is 522 g/mol. The number of rotatable bonds is 6. The number of fused-ring (bicyclic) bond motifs is 1. The summed E-state index contributed by atoms with van der Waals surface area (Å²) in [6, 6.07) is 14.7. The predicted molar refractivity (Wildman–Crippen MR) is 146 cm³/mol. The molecule has 11 heteroatoms. The van der Waals surface area contributed by atoms with Crippen molar-refractivity contribution >= 4 is 22.4 Å². The molecule has 1 saturated carbocycles. The van der Waals surface area contributed by atoms with Crippen LogP contribution < -0.4 is 15.6 Å². The molecule has 0 bridgehead atoms. The van der Waals surface area contributed by atoms with Crippen LogP contribution in [0.1, 0.15) is 37.3 Å². The highest BCUT2D eigenvalue weighted by atomic mass is 16.5. The quantitative estimate of drug-likeness (QED) is 0.354. The molecule has 1 N–H and O–H groups in total. The lowest BCUT2D eigenvalue weighted by molar-refractivity contribution is 0.123. The van der Waals surface area contributed by atoms with Gasteiger partial charge in [0.25, 0.3) is 5.56 Å². The van der Waals surface area contributed by atoms with E-state index in [-0.39, 0.29) is 17.7 Å². The highest BCUT2D eigenvalue weighted by Gasteiger charge is 2.27. The molecule has 11 nitrogen and oxygen atoms in total. The molecule has 39 heavy (non-hydrogen) atoms. The smallest absolute Gasteiger partial charge is 0.266 e. The molecule has 0 spiro atoms. The molecule has 196 valence electrons. The Hall–Kier alpha value is -4.98. The van der Waals surface area contributed by atoms with Crippen molar-refractivity contribution in [3.05, 3.63) is 77.0 Å². The van der Waals surface area contributed by atoms with Crippen LogP contribution in [0.3, 0.4) is 0 Å². The Morgan fingerprint density at radius 3 is 2.51 bits per heavy atom. The van der Waals surface area contributed by atoms with Crippen LogP contribution in [0, 0.1) is 11.3 Å². The second-order valence-electron chi connectivity index (χ2n) is 9.78. The van der Waals surface area contributed by atoms with E-state index in [4.69, 9.17) is 15.1 Å². The molecule has 1 aliphatic rings. The number of hydrogen-bond acceptors (Lipinski definition) is 8. The van der Waals surface area contributed by atoms with E-state index in [1.165, 1.54) is 10.7 Å². The molecular formula is C28H27N9O2. The van der Waals surface area contributed by atoms with Crippen molar-refractivity contribution in [1.29, 1.82) is 5.26 Å². The summed E-state index contributed by atoms with van der Waals surface area (Å²) in [6.45, 7) is 0. The summed E-state index contributed by atoms with van der Waals surface area (Å²) in [5.41, 5.74) is 4.07. The van der Waals surface area contributed by atoms with Crippen LogP contribution >= 0.6 is 0 Å². The van der Waals surface area contributed by atoms with Crippen molar-refractivity contribution in [2.24, 2.45) is 14.1 Å². The number of ether oxygens (including phenoxy) is 1. The molecule has 4 aromatic heterocycles. The third kappa shape index (κ3) is 4.96. The number of aromatic nitrogens is 7. The van der Waals surface area contributed by atoms with Crippen LogP contribution in [0.15, 0.2) is 65.8 Å². The monoisotopic (exact) mass is 521 g/mol. The van der Waals surface area contributed by atoms with Gasteiger partial charge in [-0.2, -0.15) is 15.5 Å². The van der Waals surface area contributed by atoms with Gasteiger partial charge < -0.3 is 10.1 Å². The molecule has 0 saturated heterocycles. The van der Waals surface area contributed by atoms with E-state index in [0.717, 1.165) is 53.5 Å². The number of anilines is 2. The van der Waals surface area contributed by atoms with Gasteiger partial charge in [0.2, 0.25) is 5.88 Å². The van der Waals surface area contributed by atoms with Gasteiger partial charge in [-0.05, 0) is 49.9 Å². The molecule has 1 aromatic carbocycles. The van der Waals surface area contributed by atoms with E-state index in [0.29, 0.717) is 17.3 Å². The predicted octanol–water partition coefficient (Wildman–Crippen LogP) is 4.10. The van der Waals surface area contributed by atoms with Crippen LogP contribution in [0.2, 0.25) is 0 Å². The van der Waals surface area contributed by atoms with Crippen LogP contribution in [0.25, 0.3) is 22.2 Å². The first-order valence-electron chi connectivity index (χ1n) is 12.8. The zero-order valence-electron chi connectivity index (χ0n) is 21.7. The lowest BCUT2D eigenvalue weighted by atomic mass is 9.93. The number of nitriles is 1. The number of hydrogen-bond donors (Lipinski definition) is 1. The van der Waals surface area contributed by atoms with Gasteiger partial charge in [-0.1, -0.05) is 0 Å². The normalized spacial score (nSPS) is 17.2. The minimum Gasteiger partial charge on any atom is -0.473 e. The van der Waals surface area contributed by atoms with Gasteiger partial charge in [-0.3, -0.25) is 14.2 Å². The molecule has 5 aromatic rings. The highest BCUT2D eigenvalue weighted by Crippen LogP contribution is 2.36. The number of benzene rings is 1. The molecule has 0 atom stereocenters. The molecule has 0 aliphatic heterocycles. The third-order valence-corrected chi connectivity index (χ3v) is 7.07. The number of aryl methyl sites for hydroxylation is 2. The van der Waals surface area contributed by atoms with Crippen molar-refractivity contribution in [2.45, 2.75) is 37.8 Å². The lowest BCUT2D eigenvalue weighted by Crippen LogP contribution is -2.27. The van der Waals surface area contributed by atoms with Gasteiger partial charge in [0.1, 0.15) is 17.6 Å². The van der Waals surface area contributed by atoms with Gasteiger partial charge in [-0.15, -0.1) is 5.10 Å². The summed E-state index contributed by atoms with van der Waals surface area (Å²) >= 11 is 0. The van der Waals surface area contributed by atoms with E-state index < -0.39 is 0 Å². The Morgan fingerprint density at radius 1 is 1.03 bits per heavy atom. The molecule has 1 fully saturated rings. The van der Waals surface area contributed by atoms with E-state index >= 15 is 0 Å². The molecule has 4 heterocycles. The SMILES string of the molecule is Cn1cc(-c2nn(C3CCC(Oc4ccc(=O)n(C)n4)CC3)c3cc(Nc4ccc(C#N)cc4)ncc23)cn1. The first kappa shape index (κ1) is 24.4. The Morgan fingerprint density at radius 2 is 1.82 bits per heavy atom. The van der Waals surface area contributed by atoms with Crippen LogP contribution in [-0.2, 0) is 14.1 Å².